The van der Waals surface area contributed by atoms with Crippen LogP contribution >= 0.6 is 15.9 Å². The lowest BCUT2D eigenvalue weighted by Gasteiger charge is -2.21. The Morgan fingerprint density at radius 3 is 2.60 bits per heavy atom. The molecule has 20 heavy (non-hydrogen) atoms. The van der Waals surface area contributed by atoms with E-state index in [1.165, 1.54) is 6.92 Å². The normalized spacial score (nSPS) is 12.7. The van der Waals surface area contributed by atoms with Crippen LogP contribution in [0.3, 0.4) is 0 Å². The van der Waals surface area contributed by atoms with Crippen LogP contribution in [0.25, 0.3) is 0 Å². The van der Waals surface area contributed by atoms with Gasteiger partial charge in [0.2, 0.25) is 5.91 Å². The van der Waals surface area contributed by atoms with Crippen LogP contribution in [0.4, 0.5) is 0 Å². The molecule has 1 amide bonds. The molecule has 0 spiro atoms. The molecule has 0 saturated heterocycles. The number of pyridine rings is 1. The van der Waals surface area contributed by atoms with Crippen LogP contribution in [0, 0.1) is 5.92 Å². The molecule has 0 aliphatic carbocycles. The van der Waals surface area contributed by atoms with Gasteiger partial charge in [0.25, 0.3) is 0 Å². The van der Waals surface area contributed by atoms with Crippen molar-refractivity contribution < 1.29 is 14.3 Å². The molecule has 1 rings (SSSR count). The Bertz CT molecular complexity index is 497. The van der Waals surface area contributed by atoms with Crippen molar-refractivity contribution in [3.05, 3.63) is 28.5 Å². The van der Waals surface area contributed by atoms with E-state index in [4.69, 9.17) is 4.74 Å². The topological polar surface area (TPSA) is 68.3 Å². The summed E-state index contributed by atoms with van der Waals surface area (Å²) in [5.41, 5.74) is 0.112. The van der Waals surface area contributed by atoms with E-state index in [0.717, 1.165) is 0 Å². The molecule has 110 valence electrons. The van der Waals surface area contributed by atoms with E-state index >= 15 is 0 Å². The van der Waals surface area contributed by atoms with Crippen LogP contribution in [0.15, 0.2) is 22.8 Å². The molecule has 6 heteroatoms. The van der Waals surface area contributed by atoms with Gasteiger partial charge in [0.15, 0.2) is 0 Å². The molecule has 1 unspecified atom stereocenters. The first-order valence-electron chi connectivity index (χ1n) is 6.31. The number of nitrogens with zero attached hydrogens (tertiary/aromatic N) is 1. The first-order chi connectivity index (χ1) is 9.19. The lowest BCUT2D eigenvalue weighted by Crippen LogP contribution is -2.37. The van der Waals surface area contributed by atoms with Gasteiger partial charge in [-0.2, -0.15) is 0 Å². The predicted molar refractivity (Wildman–Crippen MR) is 78.8 cm³/mol. The van der Waals surface area contributed by atoms with Gasteiger partial charge in [-0.05, 0) is 55.8 Å². The molecule has 0 bridgehead atoms. The van der Waals surface area contributed by atoms with Crippen molar-refractivity contribution in [3.8, 4) is 0 Å². The Morgan fingerprint density at radius 2 is 2.05 bits per heavy atom. The minimum absolute atomic E-state index is 0.269. The number of nitrogens with one attached hydrogen (secondary N) is 1. The van der Waals surface area contributed by atoms with E-state index in [9.17, 15) is 9.59 Å². The third kappa shape index (κ3) is 5.69. The summed E-state index contributed by atoms with van der Waals surface area (Å²) in [6, 6.07) is 5.42. The average molecular weight is 343 g/mol. The second kappa shape index (κ2) is 6.83. The quantitative estimate of drug-likeness (QED) is 0.518. The number of amides is 1. The van der Waals surface area contributed by atoms with E-state index in [1.54, 1.807) is 32.9 Å². The van der Waals surface area contributed by atoms with Gasteiger partial charge in [-0.1, -0.05) is 6.07 Å². The van der Waals surface area contributed by atoms with E-state index in [2.05, 4.69) is 26.2 Å². The van der Waals surface area contributed by atoms with Crippen molar-refractivity contribution in [2.24, 2.45) is 5.92 Å². The Kier molecular flexibility index (Phi) is 5.68. The average Bonchev–Trinajstić information content (AvgIpc) is 2.33. The number of esters is 1. The van der Waals surface area contributed by atoms with Crippen molar-refractivity contribution in [2.45, 2.75) is 39.8 Å². The maximum atomic E-state index is 11.9. The van der Waals surface area contributed by atoms with Crippen LogP contribution in [0.2, 0.25) is 0 Å². The minimum atomic E-state index is -0.846. The van der Waals surface area contributed by atoms with E-state index < -0.39 is 17.5 Å². The van der Waals surface area contributed by atoms with Crippen LogP contribution in [0.1, 0.15) is 33.4 Å². The molecule has 0 aromatic carbocycles. The van der Waals surface area contributed by atoms with E-state index in [-0.39, 0.29) is 12.5 Å². The fourth-order valence-corrected chi connectivity index (χ4v) is 1.76. The zero-order valence-corrected chi connectivity index (χ0v) is 13.7. The molecular weight excluding hydrogens is 324 g/mol. The Morgan fingerprint density at radius 1 is 1.40 bits per heavy atom. The fraction of sp³-hybridized carbons (Fsp3) is 0.500. The van der Waals surface area contributed by atoms with Crippen LogP contribution in [-0.4, -0.2) is 22.5 Å². The zero-order chi connectivity index (χ0) is 15.3. The minimum Gasteiger partial charge on any atom is -0.459 e. The number of hydrogen-bond acceptors (Lipinski definition) is 4. The van der Waals surface area contributed by atoms with Crippen LogP contribution < -0.4 is 5.32 Å². The Labute approximate surface area is 127 Å². The monoisotopic (exact) mass is 342 g/mol. The number of hydrogen-bond donors (Lipinski definition) is 1. The maximum Gasteiger partial charge on any atom is 0.318 e. The summed E-state index contributed by atoms with van der Waals surface area (Å²) in [6.07, 6.45) is 0. The highest BCUT2D eigenvalue weighted by Gasteiger charge is 2.26. The van der Waals surface area contributed by atoms with Gasteiger partial charge in [-0.3, -0.25) is 9.59 Å². The van der Waals surface area contributed by atoms with Crippen LogP contribution in [-0.2, 0) is 20.9 Å². The zero-order valence-electron chi connectivity index (χ0n) is 12.1. The molecule has 5 nitrogen and oxygen atoms in total. The van der Waals surface area contributed by atoms with Gasteiger partial charge < -0.3 is 10.1 Å². The van der Waals surface area contributed by atoms with Gasteiger partial charge >= 0.3 is 5.97 Å². The largest absolute Gasteiger partial charge is 0.459 e. The summed E-state index contributed by atoms with van der Waals surface area (Å²) in [6.45, 7) is 7.09. The highest BCUT2D eigenvalue weighted by Crippen LogP contribution is 2.11. The first-order valence-corrected chi connectivity index (χ1v) is 7.10. The van der Waals surface area contributed by atoms with Gasteiger partial charge in [0.05, 0.1) is 12.2 Å². The second-order valence-corrected chi connectivity index (χ2v) is 6.24. The summed E-state index contributed by atoms with van der Waals surface area (Å²) < 4.78 is 5.87. The van der Waals surface area contributed by atoms with Gasteiger partial charge in [0.1, 0.15) is 16.1 Å². The van der Waals surface area contributed by atoms with Gasteiger partial charge in [-0.15, -0.1) is 0 Å². The first kappa shape index (κ1) is 16.6. The highest BCUT2D eigenvalue weighted by molar-refractivity contribution is 9.10. The molecule has 1 N–H and O–H groups in total. The smallest absolute Gasteiger partial charge is 0.318 e. The van der Waals surface area contributed by atoms with Crippen molar-refractivity contribution in [1.29, 1.82) is 0 Å². The summed E-state index contributed by atoms with van der Waals surface area (Å²) >= 11 is 3.26. The number of carbonyl (C=O) groups excluding carboxylic acids is 2. The molecule has 0 aliphatic rings. The second-order valence-electron chi connectivity index (χ2n) is 5.42. The van der Waals surface area contributed by atoms with Gasteiger partial charge in [-0.25, -0.2) is 4.98 Å². The van der Waals surface area contributed by atoms with Gasteiger partial charge in [0, 0.05) is 0 Å². The van der Waals surface area contributed by atoms with E-state index in [0.29, 0.717) is 10.3 Å². The van der Waals surface area contributed by atoms with Crippen molar-refractivity contribution >= 4 is 27.8 Å². The lowest BCUT2D eigenvalue weighted by molar-refractivity contribution is -0.161. The summed E-state index contributed by atoms with van der Waals surface area (Å²) in [5.74, 6) is -1.75. The molecule has 1 aromatic rings. The Hall–Kier alpha value is -1.43. The lowest BCUT2D eigenvalue weighted by atomic mass is 10.1. The molecule has 1 aromatic heterocycles. The third-order valence-corrected chi connectivity index (χ3v) is 2.81. The molecule has 0 fully saturated rings. The number of halogens is 1. The number of rotatable bonds is 4. The molecule has 1 heterocycles. The van der Waals surface area contributed by atoms with Crippen LogP contribution in [0.5, 0.6) is 0 Å². The predicted octanol–water partition coefficient (Wildman–Crippen LogP) is 2.44. The molecule has 0 aliphatic heterocycles. The van der Waals surface area contributed by atoms with Crippen molar-refractivity contribution in [3.63, 3.8) is 0 Å². The third-order valence-electron chi connectivity index (χ3n) is 2.37. The van der Waals surface area contributed by atoms with Crippen molar-refractivity contribution in [2.75, 3.05) is 0 Å². The molecule has 0 saturated carbocycles. The molecular formula is C14H19BrN2O3. The summed E-state index contributed by atoms with van der Waals surface area (Å²) in [5, 5.41) is 2.67. The summed E-state index contributed by atoms with van der Waals surface area (Å²) in [7, 11) is 0. The molecule has 1 atom stereocenters. The summed E-state index contributed by atoms with van der Waals surface area (Å²) in [4.78, 5) is 27.8. The maximum absolute atomic E-state index is 11.9. The fourth-order valence-electron chi connectivity index (χ4n) is 1.38. The number of carbonyl (C=O) groups is 2. The Balaban J connectivity index is 2.52. The SMILES string of the molecule is CC(C(=O)NCc1cccc(Br)n1)C(=O)OC(C)(C)C. The standard InChI is InChI=1S/C14H19BrN2O3/c1-9(13(19)20-14(2,3)4)12(18)16-8-10-6-5-7-11(15)17-10/h5-7,9H,8H2,1-4H3,(H,16,18). The highest BCUT2D eigenvalue weighted by atomic mass is 79.9. The molecule has 0 radical (unpaired) electrons. The van der Waals surface area contributed by atoms with E-state index in [1.807, 2.05) is 6.07 Å². The van der Waals surface area contributed by atoms with Crippen molar-refractivity contribution in [1.82, 2.24) is 10.3 Å². The number of ether oxygens (including phenoxy) is 1. The number of aromatic nitrogens is 1.